The number of aryl methyl sites for hydroxylation is 1. The minimum atomic E-state index is 0. The second-order valence-corrected chi connectivity index (χ2v) is 2.40. The average molecular weight is 250 g/mol. The monoisotopic (exact) mass is 249 g/mol. The molecule has 0 saturated carbocycles. The summed E-state index contributed by atoms with van der Waals surface area (Å²) in [5.74, 6) is 0. The number of hydrogen-bond acceptors (Lipinski definition) is 0. The van der Waals surface area contributed by atoms with Crippen molar-refractivity contribution in [3.05, 3.63) is 29.8 Å². The molecule has 0 aliphatic rings. The van der Waals surface area contributed by atoms with Gasteiger partial charge in [0.15, 0.2) is 0 Å². The van der Waals surface area contributed by atoms with Crippen LogP contribution in [0.1, 0.15) is 25.3 Å². The fourth-order valence-electron chi connectivity index (χ4n) is 0.961. The van der Waals surface area contributed by atoms with Gasteiger partial charge in [0, 0.05) is 0 Å². The Balaban J connectivity index is -0.000000270. The summed E-state index contributed by atoms with van der Waals surface area (Å²) < 4.78 is 0. The summed E-state index contributed by atoms with van der Waals surface area (Å²) in [6, 6.07) is 8.58. The molecule has 0 bridgehead atoms. The van der Waals surface area contributed by atoms with E-state index in [4.69, 9.17) is 0 Å². The molecule has 0 spiro atoms. The Morgan fingerprint density at radius 2 is 1.58 bits per heavy atom. The summed E-state index contributed by atoms with van der Waals surface area (Å²) in [5, 5.41) is 0. The van der Waals surface area contributed by atoms with Crippen molar-refractivity contribution in [1.82, 2.24) is 0 Å². The standard InChI is InChI=1S/C9H13.2FH.Zr/c1-2-3-6-9-7-4-5-8-9;;;/h4-5,7-8H,2-3,6H2,1H3;2*1H;/q-1;;;+3/p-2. The van der Waals surface area contributed by atoms with Crippen molar-refractivity contribution in [3.63, 3.8) is 0 Å². The van der Waals surface area contributed by atoms with Crippen LogP contribution in [0.2, 0.25) is 0 Å². The second-order valence-electron chi connectivity index (χ2n) is 2.40. The van der Waals surface area contributed by atoms with Crippen LogP contribution in [0.3, 0.4) is 0 Å². The molecule has 0 N–H and O–H groups in total. The van der Waals surface area contributed by atoms with Crippen molar-refractivity contribution >= 4 is 0 Å². The molecular weight excluding hydrogens is 237 g/mol. The van der Waals surface area contributed by atoms with Gasteiger partial charge in [-0.2, -0.15) is 17.7 Å². The zero-order chi connectivity index (χ0) is 6.53. The first-order chi connectivity index (χ1) is 4.43. The molecule has 0 amide bonds. The van der Waals surface area contributed by atoms with E-state index in [1.54, 1.807) is 0 Å². The van der Waals surface area contributed by atoms with Crippen LogP contribution in [0, 0.1) is 0 Å². The topological polar surface area (TPSA) is 0 Å². The first-order valence-corrected chi connectivity index (χ1v) is 3.64. The van der Waals surface area contributed by atoms with E-state index < -0.39 is 0 Å². The first-order valence-electron chi connectivity index (χ1n) is 3.64. The van der Waals surface area contributed by atoms with Crippen LogP contribution in [0.4, 0.5) is 0 Å². The Morgan fingerprint density at radius 3 is 2.00 bits per heavy atom. The van der Waals surface area contributed by atoms with E-state index in [0.29, 0.717) is 0 Å². The molecule has 0 aromatic heterocycles. The van der Waals surface area contributed by atoms with Crippen LogP contribution < -0.4 is 9.41 Å². The largest absolute Gasteiger partial charge is 3.00 e. The van der Waals surface area contributed by atoms with E-state index >= 15 is 0 Å². The first kappa shape index (κ1) is 18.0. The number of hydrogen-bond donors (Lipinski definition) is 0. The van der Waals surface area contributed by atoms with Gasteiger partial charge in [0.05, 0.1) is 0 Å². The van der Waals surface area contributed by atoms with Gasteiger partial charge in [-0.15, -0.1) is 0 Å². The maximum Gasteiger partial charge on any atom is 3.00 e. The predicted molar refractivity (Wildman–Crippen MR) is 40.6 cm³/mol. The smallest absolute Gasteiger partial charge is 1.00 e. The van der Waals surface area contributed by atoms with Crippen LogP contribution in [-0.2, 0) is 32.6 Å². The molecule has 0 unspecified atom stereocenters. The van der Waals surface area contributed by atoms with Gasteiger partial charge >= 0.3 is 26.2 Å². The van der Waals surface area contributed by atoms with Gasteiger partial charge in [-0.1, -0.05) is 26.2 Å². The van der Waals surface area contributed by atoms with Crippen molar-refractivity contribution in [2.75, 3.05) is 0 Å². The maximum atomic E-state index is 2.23. The van der Waals surface area contributed by atoms with Crippen molar-refractivity contribution in [1.29, 1.82) is 0 Å². The Morgan fingerprint density at radius 1 is 1.08 bits per heavy atom. The van der Waals surface area contributed by atoms with Gasteiger partial charge < -0.3 is 9.41 Å². The van der Waals surface area contributed by atoms with Crippen molar-refractivity contribution < 1.29 is 35.6 Å². The molecule has 0 heterocycles. The third kappa shape index (κ3) is 6.78. The third-order valence-corrected chi connectivity index (χ3v) is 1.55. The van der Waals surface area contributed by atoms with Gasteiger partial charge in [-0.25, -0.2) is 12.1 Å². The van der Waals surface area contributed by atoms with Gasteiger partial charge in [-0.3, -0.25) is 0 Å². The summed E-state index contributed by atoms with van der Waals surface area (Å²) >= 11 is 0. The van der Waals surface area contributed by atoms with Gasteiger partial charge in [0.1, 0.15) is 0 Å². The van der Waals surface area contributed by atoms with E-state index in [0.717, 1.165) is 0 Å². The van der Waals surface area contributed by atoms with Crippen LogP contribution in [0.25, 0.3) is 0 Å². The van der Waals surface area contributed by atoms with E-state index in [1.165, 1.54) is 24.8 Å². The Kier molecular flexibility index (Phi) is 16.6. The van der Waals surface area contributed by atoms with E-state index in [2.05, 4.69) is 31.2 Å². The number of unbranched alkanes of at least 4 members (excludes halogenated alkanes) is 1. The molecule has 12 heavy (non-hydrogen) atoms. The predicted octanol–water partition coefficient (Wildman–Crippen LogP) is -3.25. The van der Waals surface area contributed by atoms with E-state index in [1.807, 2.05) is 0 Å². The van der Waals surface area contributed by atoms with Crippen LogP contribution in [-0.4, -0.2) is 0 Å². The molecule has 0 nitrogen and oxygen atoms in total. The molecule has 3 heteroatoms. The molecule has 0 fully saturated rings. The molecular formula is C9H13F2Zr. The Labute approximate surface area is 91.6 Å². The normalized spacial score (nSPS) is 7.42. The van der Waals surface area contributed by atoms with Crippen LogP contribution in [0.15, 0.2) is 24.3 Å². The molecule has 1 aromatic rings. The van der Waals surface area contributed by atoms with Crippen LogP contribution >= 0.6 is 0 Å². The fraction of sp³-hybridized carbons (Fsp3) is 0.444. The number of rotatable bonds is 3. The molecule has 0 aliphatic carbocycles. The molecule has 0 aliphatic heterocycles. The summed E-state index contributed by atoms with van der Waals surface area (Å²) in [5.41, 5.74) is 1.48. The molecule has 0 saturated heterocycles. The van der Waals surface area contributed by atoms with Crippen molar-refractivity contribution in [2.45, 2.75) is 26.2 Å². The zero-order valence-electron chi connectivity index (χ0n) is 7.19. The summed E-state index contributed by atoms with van der Waals surface area (Å²) in [6.45, 7) is 2.23. The third-order valence-electron chi connectivity index (χ3n) is 1.55. The van der Waals surface area contributed by atoms with Crippen LogP contribution in [0.5, 0.6) is 0 Å². The van der Waals surface area contributed by atoms with Crippen molar-refractivity contribution in [2.24, 2.45) is 0 Å². The van der Waals surface area contributed by atoms with E-state index in [-0.39, 0.29) is 35.6 Å². The SMILES string of the molecule is CCCC[c-]1cccc1.[F-].[F-].[Zr+3]. The molecule has 1 radical (unpaired) electrons. The van der Waals surface area contributed by atoms with E-state index in [9.17, 15) is 0 Å². The van der Waals surface area contributed by atoms with Gasteiger partial charge in [0.25, 0.3) is 0 Å². The Bertz CT molecular complexity index is 150. The summed E-state index contributed by atoms with van der Waals surface area (Å²) in [4.78, 5) is 0. The fourth-order valence-corrected chi connectivity index (χ4v) is 0.961. The average Bonchev–Trinajstić information content (AvgIpc) is 2.34. The number of halogens is 2. The summed E-state index contributed by atoms with van der Waals surface area (Å²) in [7, 11) is 0. The molecule has 0 atom stereocenters. The minimum Gasteiger partial charge on any atom is -1.00 e. The van der Waals surface area contributed by atoms with Crippen molar-refractivity contribution in [3.8, 4) is 0 Å². The molecule has 67 valence electrons. The minimum absolute atomic E-state index is 0. The quantitative estimate of drug-likeness (QED) is 0.495. The second kappa shape index (κ2) is 11.1. The van der Waals surface area contributed by atoms with Gasteiger partial charge in [0.2, 0.25) is 0 Å². The van der Waals surface area contributed by atoms with Gasteiger partial charge in [-0.05, 0) is 0 Å². The zero-order valence-corrected chi connectivity index (χ0v) is 9.64. The maximum absolute atomic E-state index is 2.23. The molecule has 1 rings (SSSR count). The summed E-state index contributed by atoms with van der Waals surface area (Å²) in [6.07, 6.45) is 3.87. The Hall–Kier alpha value is 0.0931. The molecule has 1 aromatic carbocycles.